The normalized spacial score (nSPS) is 9.90. The van der Waals surface area contributed by atoms with Crippen LogP contribution in [0.15, 0.2) is 6.07 Å². The van der Waals surface area contributed by atoms with Crippen molar-refractivity contribution in [2.24, 2.45) is 7.05 Å². The Morgan fingerprint density at radius 1 is 1.50 bits per heavy atom. The lowest BCUT2D eigenvalue weighted by atomic mass is 10.3. The zero-order valence-electron chi connectivity index (χ0n) is 6.51. The summed E-state index contributed by atoms with van der Waals surface area (Å²) in [6.07, 6.45) is 0.875. The second-order valence-corrected chi connectivity index (χ2v) is 2.51. The summed E-state index contributed by atoms with van der Waals surface area (Å²) in [5.41, 5.74) is 3.07. The zero-order valence-corrected chi connectivity index (χ0v) is 6.51. The minimum absolute atomic E-state index is 0.745. The van der Waals surface area contributed by atoms with Gasteiger partial charge in [-0.2, -0.15) is 0 Å². The van der Waals surface area contributed by atoms with Gasteiger partial charge < -0.3 is 4.57 Å². The van der Waals surface area contributed by atoms with E-state index < -0.39 is 0 Å². The van der Waals surface area contributed by atoms with E-state index in [9.17, 15) is 4.79 Å². The second kappa shape index (κ2) is 2.29. The average molecular weight is 137 g/mol. The van der Waals surface area contributed by atoms with Crippen molar-refractivity contribution in [3.63, 3.8) is 0 Å². The van der Waals surface area contributed by atoms with Gasteiger partial charge in [0.25, 0.3) is 0 Å². The predicted molar refractivity (Wildman–Crippen MR) is 40.3 cm³/mol. The molecule has 0 amide bonds. The van der Waals surface area contributed by atoms with Crippen LogP contribution in [0.2, 0.25) is 0 Å². The molecule has 1 rings (SSSR count). The standard InChI is InChI=1S/C8H11NO/c1-6-4-8(5-10)9(3)7(6)2/h4-5H,1-3H3. The molecule has 0 N–H and O–H groups in total. The van der Waals surface area contributed by atoms with Gasteiger partial charge in [-0.15, -0.1) is 0 Å². The van der Waals surface area contributed by atoms with Gasteiger partial charge in [0.15, 0.2) is 6.29 Å². The second-order valence-electron chi connectivity index (χ2n) is 2.51. The number of hydrogen-bond donors (Lipinski definition) is 0. The van der Waals surface area contributed by atoms with Gasteiger partial charge in [-0.1, -0.05) is 0 Å². The third-order valence-electron chi connectivity index (χ3n) is 1.95. The predicted octanol–water partition coefficient (Wildman–Crippen LogP) is 1.45. The third kappa shape index (κ3) is 0.856. The van der Waals surface area contributed by atoms with Gasteiger partial charge in [0.1, 0.15) is 0 Å². The van der Waals surface area contributed by atoms with Crippen LogP contribution in [0.1, 0.15) is 21.7 Å². The summed E-state index contributed by atoms with van der Waals surface area (Å²) in [7, 11) is 1.89. The molecule has 1 heterocycles. The van der Waals surface area contributed by atoms with E-state index in [2.05, 4.69) is 0 Å². The highest BCUT2D eigenvalue weighted by molar-refractivity contribution is 5.73. The lowest BCUT2D eigenvalue weighted by Crippen LogP contribution is -1.95. The summed E-state index contributed by atoms with van der Waals surface area (Å²) in [5, 5.41) is 0. The van der Waals surface area contributed by atoms with Crippen molar-refractivity contribution >= 4 is 6.29 Å². The van der Waals surface area contributed by atoms with Crippen molar-refractivity contribution in [2.75, 3.05) is 0 Å². The van der Waals surface area contributed by atoms with Crippen LogP contribution in [0.4, 0.5) is 0 Å². The average Bonchev–Trinajstić information content (AvgIpc) is 2.17. The first-order valence-electron chi connectivity index (χ1n) is 3.25. The molecular formula is C8H11NO. The first kappa shape index (κ1) is 7.06. The van der Waals surface area contributed by atoms with E-state index in [1.54, 1.807) is 0 Å². The number of aryl methyl sites for hydroxylation is 1. The summed E-state index contributed by atoms with van der Waals surface area (Å²) in [6, 6.07) is 1.89. The van der Waals surface area contributed by atoms with E-state index in [-0.39, 0.29) is 0 Å². The molecule has 0 saturated carbocycles. The van der Waals surface area contributed by atoms with Crippen molar-refractivity contribution in [1.82, 2.24) is 4.57 Å². The molecular weight excluding hydrogens is 126 g/mol. The van der Waals surface area contributed by atoms with Crippen LogP contribution in [0.25, 0.3) is 0 Å². The first-order valence-corrected chi connectivity index (χ1v) is 3.25. The van der Waals surface area contributed by atoms with Crippen LogP contribution in [0, 0.1) is 13.8 Å². The van der Waals surface area contributed by atoms with E-state index in [0.29, 0.717) is 0 Å². The lowest BCUT2D eigenvalue weighted by Gasteiger charge is -1.97. The molecule has 0 aliphatic heterocycles. The molecule has 0 saturated heterocycles. The van der Waals surface area contributed by atoms with E-state index in [1.807, 2.05) is 31.5 Å². The molecule has 0 aromatic carbocycles. The Morgan fingerprint density at radius 3 is 2.30 bits per heavy atom. The number of rotatable bonds is 1. The smallest absolute Gasteiger partial charge is 0.166 e. The lowest BCUT2D eigenvalue weighted by molar-refractivity contribution is 0.111. The van der Waals surface area contributed by atoms with Crippen LogP contribution in [-0.2, 0) is 7.05 Å². The maximum absolute atomic E-state index is 10.4. The number of aldehydes is 1. The summed E-state index contributed by atoms with van der Waals surface area (Å²) >= 11 is 0. The van der Waals surface area contributed by atoms with Gasteiger partial charge in [0, 0.05) is 12.7 Å². The molecule has 0 aliphatic carbocycles. The third-order valence-corrected chi connectivity index (χ3v) is 1.95. The van der Waals surface area contributed by atoms with Crippen molar-refractivity contribution < 1.29 is 4.79 Å². The summed E-state index contributed by atoms with van der Waals surface area (Å²) < 4.78 is 1.89. The summed E-state index contributed by atoms with van der Waals surface area (Å²) in [5.74, 6) is 0. The quantitative estimate of drug-likeness (QED) is 0.537. The number of carbonyl (C=O) groups is 1. The molecule has 2 heteroatoms. The van der Waals surface area contributed by atoms with Gasteiger partial charge in [-0.05, 0) is 25.5 Å². The van der Waals surface area contributed by atoms with Crippen LogP contribution in [0.5, 0.6) is 0 Å². The molecule has 1 aromatic heterocycles. The van der Waals surface area contributed by atoms with Crippen molar-refractivity contribution in [3.05, 3.63) is 23.0 Å². The Bertz CT molecular complexity index is 260. The molecule has 0 aliphatic rings. The summed E-state index contributed by atoms with van der Waals surface area (Å²) in [6.45, 7) is 4.00. The molecule has 1 aromatic rings. The van der Waals surface area contributed by atoms with E-state index in [4.69, 9.17) is 0 Å². The fourth-order valence-corrected chi connectivity index (χ4v) is 0.994. The zero-order chi connectivity index (χ0) is 7.72. The highest BCUT2D eigenvalue weighted by Gasteiger charge is 2.02. The highest BCUT2D eigenvalue weighted by atomic mass is 16.1. The Hall–Kier alpha value is -1.05. The van der Waals surface area contributed by atoms with E-state index in [0.717, 1.165) is 17.7 Å². The van der Waals surface area contributed by atoms with Gasteiger partial charge >= 0.3 is 0 Å². The topological polar surface area (TPSA) is 22.0 Å². The van der Waals surface area contributed by atoms with Crippen molar-refractivity contribution in [2.45, 2.75) is 13.8 Å². The van der Waals surface area contributed by atoms with Crippen LogP contribution < -0.4 is 0 Å². The van der Waals surface area contributed by atoms with E-state index in [1.165, 1.54) is 5.56 Å². The number of nitrogens with zero attached hydrogens (tertiary/aromatic N) is 1. The van der Waals surface area contributed by atoms with Crippen LogP contribution in [-0.4, -0.2) is 10.9 Å². The maximum Gasteiger partial charge on any atom is 0.166 e. The molecule has 0 spiro atoms. The molecule has 54 valence electrons. The SMILES string of the molecule is Cc1cc(C=O)n(C)c1C. The monoisotopic (exact) mass is 137 g/mol. The van der Waals surface area contributed by atoms with Gasteiger partial charge in [0.05, 0.1) is 5.69 Å². The maximum atomic E-state index is 10.4. The molecule has 2 nitrogen and oxygen atoms in total. The molecule has 0 radical (unpaired) electrons. The molecule has 0 unspecified atom stereocenters. The number of aromatic nitrogens is 1. The largest absolute Gasteiger partial charge is 0.346 e. The Balaban J connectivity index is 3.30. The van der Waals surface area contributed by atoms with Crippen molar-refractivity contribution in [3.8, 4) is 0 Å². The molecule has 0 bridgehead atoms. The highest BCUT2D eigenvalue weighted by Crippen LogP contribution is 2.09. The fourth-order valence-electron chi connectivity index (χ4n) is 0.994. The molecule has 0 fully saturated rings. The minimum atomic E-state index is 0.745. The molecule has 10 heavy (non-hydrogen) atoms. The first-order chi connectivity index (χ1) is 4.66. The number of hydrogen-bond acceptors (Lipinski definition) is 1. The van der Waals surface area contributed by atoms with Gasteiger partial charge in [-0.3, -0.25) is 4.79 Å². The van der Waals surface area contributed by atoms with Gasteiger partial charge in [0.2, 0.25) is 0 Å². The Labute approximate surface area is 60.5 Å². The fraction of sp³-hybridized carbons (Fsp3) is 0.375. The van der Waals surface area contributed by atoms with Crippen LogP contribution in [0.3, 0.4) is 0 Å². The van der Waals surface area contributed by atoms with Gasteiger partial charge in [-0.25, -0.2) is 0 Å². The minimum Gasteiger partial charge on any atom is -0.346 e. The summed E-state index contributed by atoms with van der Waals surface area (Å²) in [4.78, 5) is 10.4. The number of carbonyl (C=O) groups excluding carboxylic acids is 1. The van der Waals surface area contributed by atoms with Crippen LogP contribution >= 0.6 is 0 Å². The Morgan fingerprint density at radius 2 is 2.10 bits per heavy atom. The van der Waals surface area contributed by atoms with E-state index >= 15 is 0 Å². The van der Waals surface area contributed by atoms with Crippen molar-refractivity contribution in [1.29, 1.82) is 0 Å². The molecule has 0 atom stereocenters. The Kier molecular flexibility index (Phi) is 1.62.